The second-order valence-corrected chi connectivity index (χ2v) is 15.6. The molecule has 0 N–H and O–H groups in total. The van der Waals surface area contributed by atoms with E-state index in [1.807, 2.05) is 36.4 Å². The van der Waals surface area contributed by atoms with Crippen LogP contribution in [0.3, 0.4) is 0 Å². The largest absolute Gasteiger partial charge is 0.456 e. The van der Waals surface area contributed by atoms with Crippen LogP contribution in [0.15, 0.2) is 223 Å². The normalized spacial score (nSPS) is 11.5. The molecule has 5 heteroatoms. The highest BCUT2D eigenvalue weighted by Gasteiger charge is 2.17. The van der Waals surface area contributed by atoms with E-state index in [9.17, 15) is 0 Å². The van der Waals surface area contributed by atoms with Gasteiger partial charge in [-0.25, -0.2) is 15.0 Å². The van der Waals surface area contributed by atoms with Crippen LogP contribution in [0.2, 0.25) is 0 Å². The number of furan rings is 1. The predicted molar refractivity (Wildman–Crippen MR) is 254 cm³/mol. The lowest BCUT2D eigenvalue weighted by Crippen LogP contribution is -2.00. The zero-order valence-corrected chi connectivity index (χ0v) is 33.5. The van der Waals surface area contributed by atoms with Crippen LogP contribution in [-0.4, -0.2) is 19.5 Å². The van der Waals surface area contributed by atoms with E-state index in [4.69, 9.17) is 19.4 Å². The van der Waals surface area contributed by atoms with E-state index in [0.717, 1.165) is 66.6 Å². The maximum Gasteiger partial charge on any atom is 0.164 e. The first-order valence-corrected chi connectivity index (χ1v) is 20.8. The van der Waals surface area contributed by atoms with Crippen LogP contribution in [0.4, 0.5) is 0 Å². The lowest BCUT2D eigenvalue weighted by Gasteiger charge is -2.10. The number of para-hydroxylation sites is 2. The second-order valence-electron chi connectivity index (χ2n) is 15.6. The predicted octanol–water partition coefficient (Wildman–Crippen LogP) is 14.9. The van der Waals surface area contributed by atoms with Gasteiger partial charge in [-0.2, -0.15) is 0 Å². The zero-order chi connectivity index (χ0) is 41.0. The topological polar surface area (TPSA) is 56.7 Å². The summed E-state index contributed by atoms with van der Waals surface area (Å²) in [6, 6.07) is 76.4. The Morgan fingerprint density at radius 1 is 0.274 bits per heavy atom. The van der Waals surface area contributed by atoms with Gasteiger partial charge in [-0.1, -0.05) is 152 Å². The minimum atomic E-state index is 0.585. The molecule has 12 aromatic rings. The van der Waals surface area contributed by atoms with E-state index < -0.39 is 0 Å². The fourth-order valence-electron chi connectivity index (χ4n) is 8.80. The first-order valence-electron chi connectivity index (χ1n) is 20.8. The molecule has 3 aromatic heterocycles. The Morgan fingerprint density at radius 2 is 0.758 bits per heavy atom. The van der Waals surface area contributed by atoms with Crippen molar-refractivity contribution in [1.82, 2.24) is 19.5 Å². The molecular weight excluding hydrogens is 757 g/mol. The summed E-state index contributed by atoms with van der Waals surface area (Å²) in [4.78, 5) is 15.1. The number of nitrogens with zero attached hydrogens (tertiary/aromatic N) is 4. The van der Waals surface area contributed by atoms with Gasteiger partial charge in [0.2, 0.25) is 0 Å². The highest BCUT2D eigenvalue weighted by atomic mass is 16.3. The molecule has 0 fully saturated rings. The van der Waals surface area contributed by atoms with Crippen LogP contribution in [0.25, 0.3) is 117 Å². The number of benzene rings is 9. The average Bonchev–Trinajstić information content (AvgIpc) is 3.89. The molecule has 62 heavy (non-hydrogen) atoms. The van der Waals surface area contributed by atoms with Gasteiger partial charge in [0, 0.05) is 43.9 Å². The molecule has 0 aliphatic carbocycles. The van der Waals surface area contributed by atoms with E-state index in [0.29, 0.717) is 17.5 Å². The Balaban J connectivity index is 0.909. The minimum absolute atomic E-state index is 0.585. The van der Waals surface area contributed by atoms with Crippen molar-refractivity contribution in [2.75, 3.05) is 0 Å². The quantitative estimate of drug-likeness (QED) is 0.161. The van der Waals surface area contributed by atoms with Crippen molar-refractivity contribution in [1.29, 1.82) is 0 Å². The van der Waals surface area contributed by atoms with Gasteiger partial charge in [-0.15, -0.1) is 0 Å². The summed E-state index contributed by atoms with van der Waals surface area (Å²) < 4.78 is 8.88. The molecule has 0 unspecified atom stereocenters. The molecule has 5 nitrogen and oxygen atoms in total. The fraction of sp³-hybridized carbons (Fsp3) is 0. The molecule has 0 aliphatic heterocycles. The Kier molecular flexibility index (Phi) is 8.42. The van der Waals surface area contributed by atoms with Crippen molar-refractivity contribution in [3.8, 4) is 73.2 Å². The molecule has 0 atom stereocenters. The SMILES string of the molecule is c1ccc(-c2cccc(-c3nc(-c4ccccc4)nc(-c4ccc5c(c4)oc4ccc(-c6cccc(-c7ccc8c(c7)c7ccccc7n8-c7ccccc7)c6)cc45)n3)c2)cc1. The van der Waals surface area contributed by atoms with Crippen molar-refractivity contribution < 1.29 is 4.42 Å². The zero-order valence-electron chi connectivity index (χ0n) is 33.5. The van der Waals surface area contributed by atoms with Crippen LogP contribution in [0, 0.1) is 0 Å². The number of hydrogen-bond donors (Lipinski definition) is 0. The molecule has 0 aliphatic rings. The molecular formula is C57H36N4O. The highest BCUT2D eigenvalue weighted by Crippen LogP contribution is 2.38. The van der Waals surface area contributed by atoms with Gasteiger partial charge in [0.1, 0.15) is 11.2 Å². The third-order valence-corrected chi connectivity index (χ3v) is 11.8. The standard InChI is InChI=1S/C57H36N4O/c1-4-14-37(15-5-1)39-18-13-21-44(33-39)56-58-55(38-16-6-2-7-17-38)59-57(60-56)45-26-29-48-50-35-43(28-31-53(50)62-54(48)36-45)41-20-12-19-40(32-41)42-27-30-52-49(34-42)47-24-10-11-25-51(47)61(52)46-22-8-3-9-23-46/h1-36H. The first kappa shape index (κ1) is 35.5. The van der Waals surface area contributed by atoms with Crippen molar-refractivity contribution in [3.63, 3.8) is 0 Å². The number of fused-ring (bicyclic) bond motifs is 6. The van der Waals surface area contributed by atoms with Gasteiger partial charge in [0.25, 0.3) is 0 Å². The van der Waals surface area contributed by atoms with Gasteiger partial charge < -0.3 is 8.98 Å². The maximum atomic E-state index is 6.53. The molecule has 0 spiro atoms. The molecule has 0 bridgehead atoms. The summed E-state index contributed by atoms with van der Waals surface area (Å²) in [7, 11) is 0. The molecule has 0 saturated heterocycles. The van der Waals surface area contributed by atoms with E-state index in [-0.39, 0.29) is 0 Å². The van der Waals surface area contributed by atoms with E-state index >= 15 is 0 Å². The molecule has 0 saturated carbocycles. The van der Waals surface area contributed by atoms with Gasteiger partial charge in [0.15, 0.2) is 17.5 Å². The van der Waals surface area contributed by atoms with Crippen LogP contribution >= 0.6 is 0 Å². The average molecular weight is 793 g/mol. The molecule has 3 heterocycles. The summed E-state index contributed by atoms with van der Waals surface area (Å²) in [5.41, 5.74) is 14.7. The van der Waals surface area contributed by atoms with Gasteiger partial charge in [-0.05, 0) is 100 Å². The molecule has 12 rings (SSSR count). The Bertz CT molecular complexity index is 3630. The van der Waals surface area contributed by atoms with Crippen molar-refractivity contribution >= 4 is 43.7 Å². The van der Waals surface area contributed by atoms with Crippen LogP contribution in [-0.2, 0) is 0 Å². The Labute approximate surface area is 357 Å². The number of hydrogen-bond acceptors (Lipinski definition) is 4. The summed E-state index contributed by atoms with van der Waals surface area (Å²) in [6.45, 7) is 0. The highest BCUT2D eigenvalue weighted by molar-refractivity contribution is 6.11. The van der Waals surface area contributed by atoms with E-state index in [1.54, 1.807) is 0 Å². The lowest BCUT2D eigenvalue weighted by atomic mass is 9.97. The Morgan fingerprint density at radius 3 is 1.48 bits per heavy atom. The van der Waals surface area contributed by atoms with Crippen LogP contribution in [0.1, 0.15) is 0 Å². The van der Waals surface area contributed by atoms with E-state index in [1.165, 1.54) is 32.9 Å². The van der Waals surface area contributed by atoms with E-state index in [2.05, 4.69) is 187 Å². The smallest absolute Gasteiger partial charge is 0.164 e. The van der Waals surface area contributed by atoms with Crippen LogP contribution < -0.4 is 0 Å². The summed E-state index contributed by atoms with van der Waals surface area (Å²) >= 11 is 0. The maximum absolute atomic E-state index is 6.53. The fourth-order valence-corrected chi connectivity index (χ4v) is 8.80. The molecule has 9 aromatic carbocycles. The minimum Gasteiger partial charge on any atom is -0.456 e. The molecule has 290 valence electrons. The third-order valence-electron chi connectivity index (χ3n) is 11.8. The van der Waals surface area contributed by atoms with Crippen molar-refractivity contribution in [3.05, 3.63) is 218 Å². The third kappa shape index (κ3) is 6.23. The Hall–Kier alpha value is -8.41. The second kappa shape index (κ2) is 14.7. The van der Waals surface area contributed by atoms with Gasteiger partial charge in [0.05, 0.1) is 11.0 Å². The van der Waals surface area contributed by atoms with Crippen molar-refractivity contribution in [2.45, 2.75) is 0 Å². The summed E-state index contributed by atoms with van der Waals surface area (Å²) in [6.07, 6.45) is 0. The molecule has 0 amide bonds. The van der Waals surface area contributed by atoms with Crippen LogP contribution in [0.5, 0.6) is 0 Å². The molecule has 0 radical (unpaired) electrons. The number of aromatic nitrogens is 4. The van der Waals surface area contributed by atoms with Crippen molar-refractivity contribution in [2.24, 2.45) is 0 Å². The van der Waals surface area contributed by atoms with Gasteiger partial charge >= 0.3 is 0 Å². The summed E-state index contributed by atoms with van der Waals surface area (Å²) in [5, 5.41) is 4.57. The first-order chi connectivity index (χ1) is 30.7. The number of rotatable bonds is 7. The lowest BCUT2D eigenvalue weighted by molar-refractivity contribution is 0.669. The monoisotopic (exact) mass is 792 g/mol. The van der Waals surface area contributed by atoms with Gasteiger partial charge in [-0.3, -0.25) is 0 Å². The summed E-state index contributed by atoms with van der Waals surface area (Å²) in [5.74, 6) is 1.81.